The predicted octanol–water partition coefficient (Wildman–Crippen LogP) is -1.48. The topological polar surface area (TPSA) is 43.1 Å². The summed E-state index contributed by atoms with van der Waals surface area (Å²) in [6.07, 6.45) is 0. The van der Waals surface area contributed by atoms with Crippen molar-refractivity contribution in [2.75, 3.05) is 0 Å². The maximum atomic E-state index is 9.61. The average Bonchev–Trinajstić information content (AvgIpc) is 1.38. The Morgan fingerprint density at radius 3 is 2.20 bits per heavy atom. The van der Waals surface area contributed by atoms with Crippen molar-refractivity contribution in [1.82, 2.24) is 0 Å². The summed E-state index contributed by atoms with van der Waals surface area (Å²) in [6.45, 7) is 0. The molecule has 0 spiro atoms. The van der Waals surface area contributed by atoms with E-state index in [4.69, 9.17) is 0 Å². The van der Waals surface area contributed by atoms with E-state index in [1.807, 2.05) is 0 Å². The van der Waals surface area contributed by atoms with E-state index < -0.39 is 0 Å². The molecule has 3 heteroatoms. The molecule has 1 unspecified atom stereocenters. The van der Waals surface area contributed by atoms with Gasteiger partial charge in [0.1, 0.15) is 0 Å². The maximum absolute atomic E-state index is 9.61. The number of hydrogen-bond acceptors (Lipinski definition) is 1. The molecule has 0 heterocycles. The second kappa shape index (κ2) is 2.28. The van der Waals surface area contributed by atoms with Crippen LogP contribution in [-0.4, -0.2) is 22.8 Å². The Balaban J connectivity index is 2.85. The van der Waals surface area contributed by atoms with Gasteiger partial charge in [-0.2, -0.15) is 0 Å². The van der Waals surface area contributed by atoms with Crippen molar-refractivity contribution in [3.8, 4) is 0 Å². The third-order valence-electron chi connectivity index (χ3n) is 0.201. The van der Waals surface area contributed by atoms with Gasteiger partial charge in [-0.25, -0.2) is 0 Å². The molecule has 0 radical (unpaired) electrons. The summed E-state index contributed by atoms with van der Waals surface area (Å²) in [7, 11) is 0. The summed E-state index contributed by atoms with van der Waals surface area (Å²) in [6, 6.07) is 0. The average molecular weight is 135 g/mol. The Hall–Kier alpha value is 0.0284. The second-order valence-corrected chi connectivity index (χ2v) is 1.53. The second-order valence-electron chi connectivity index (χ2n) is 0.670. The van der Waals surface area contributed by atoms with Crippen molar-refractivity contribution < 1.29 is 4.79 Å². The van der Waals surface area contributed by atoms with Gasteiger partial charge in [0.05, 0.1) is 0 Å². The fourth-order valence-corrected chi connectivity index (χ4v) is 0. The molecule has 0 aliphatic rings. The molecule has 1 amide bonds. The van der Waals surface area contributed by atoms with Crippen LogP contribution in [0.15, 0.2) is 0 Å². The minimum absolute atomic E-state index is 0.218. The molecular weight excluding hydrogens is 129 g/mol. The van der Waals surface area contributed by atoms with Gasteiger partial charge in [0.2, 0.25) is 0 Å². The van der Waals surface area contributed by atoms with Gasteiger partial charge in [0.15, 0.2) is 0 Å². The van der Waals surface area contributed by atoms with Gasteiger partial charge < -0.3 is 0 Å². The zero-order valence-electron chi connectivity index (χ0n) is 2.77. The van der Waals surface area contributed by atoms with Gasteiger partial charge in [-0.1, -0.05) is 0 Å². The summed E-state index contributed by atoms with van der Waals surface area (Å²) in [5.74, 6) is -0.218. The van der Waals surface area contributed by atoms with Crippen molar-refractivity contribution in [2.45, 2.75) is 5.21 Å². The van der Waals surface area contributed by atoms with E-state index >= 15 is 0 Å². The molecule has 1 atom stereocenters. The number of hydrogen-bond donors (Lipinski definition) is 1. The molecule has 30 valence electrons. The van der Waals surface area contributed by atoms with E-state index in [0.717, 1.165) is 0 Å². The van der Waals surface area contributed by atoms with Gasteiger partial charge in [0, 0.05) is 0 Å². The molecule has 0 aliphatic heterocycles. The Labute approximate surface area is 39.2 Å². The SMILES string of the molecule is NC(=O)C[AsH2]. The molecule has 0 fully saturated rings. The van der Waals surface area contributed by atoms with Gasteiger partial charge in [-0.3, -0.25) is 0 Å². The Kier molecular flexibility index (Phi) is 2.29. The van der Waals surface area contributed by atoms with Crippen LogP contribution in [0.1, 0.15) is 0 Å². The van der Waals surface area contributed by atoms with Crippen molar-refractivity contribution >= 4 is 22.8 Å². The van der Waals surface area contributed by atoms with Gasteiger partial charge >= 0.3 is 38.5 Å². The van der Waals surface area contributed by atoms with Crippen LogP contribution in [0, 0.1) is 0 Å². The summed E-state index contributed by atoms with van der Waals surface area (Å²) in [5, 5.41) is 0.507. The van der Waals surface area contributed by atoms with Crippen LogP contribution >= 0.6 is 0 Å². The van der Waals surface area contributed by atoms with Crippen LogP contribution < -0.4 is 5.73 Å². The van der Waals surface area contributed by atoms with Gasteiger partial charge in [-0.05, 0) is 0 Å². The first-order valence-electron chi connectivity index (χ1n) is 1.25. The molecule has 0 aliphatic carbocycles. The molecule has 0 aromatic carbocycles. The van der Waals surface area contributed by atoms with E-state index in [1.54, 1.807) is 0 Å². The number of primary amides is 1. The summed E-state index contributed by atoms with van der Waals surface area (Å²) in [4.78, 5) is 9.61. The van der Waals surface area contributed by atoms with Gasteiger partial charge in [-0.15, -0.1) is 0 Å². The Morgan fingerprint density at radius 2 is 2.20 bits per heavy atom. The third-order valence-corrected chi connectivity index (χ3v) is 1.05. The van der Waals surface area contributed by atoms with Crippen molar-refractivity contribution in [2.24, 2.45) is 5.73 Å². The zero-order valence-corrected chi connectivity index (χ0v) is 5.19. The molecule has 0 aromatic rings. The van der Waals surface area contributed by atoms with Gasteiger partial charge in [0.25, 0.3) is 0 Å². The van der Waals surface area contributed by atoms with Crippen LogP contribution in [0.5, 0.6) is 0 Å². The van der Waals surface area contributed by atoms with Crippen molar-refractivity contribution in [3.05, 3.63) is 0 Å². The third kappa shape index (κ3) is 4.03. The van der Waals surface area contributed by atoms with Crippen LogP contribution in [0.4, 0.5) is 0 Å². The Bertz CT molecular complexity index is 44.9. The fraction of sp³-hybridized carbons (Fsp3) is 0.500. The minimum atomic E-state index is -0.218. The number of rotatable bonds is 1. The summed E-state index contributed by atoms with van der Waals surface area (Å²) >= 11 is 1.35. The standard InChI is InChI=1S/C2H6AsNO/c3-1-2(4)5/h1,3H2,(H2,4,5). The van der Waals surface area contributed by atoms with E-state index in [2.05, 4.69) is 5.73 Å². The molecule has 2 N–H and O–H groups in total. The number of amides is 1. The molecular formula is C2H6AsNO. The molecule has 0 rings (SSSR count). The number of nitrogens with two attached hydrogens (primary N) is 1. The van der Waals surface area contributed by atoms with Crippen LogP contribution in [-0.2, 0) is 4.79 Å². The normalized spacial score (nSPS) is 7.40. The first-order valence-corrected chi connectivity index (χ1v) is 2.97. The predicted molar refractivity (Wildman–Crippen MR) is 22.5 cm³/mol. The van der Waals surface area contributed by atoms with E-state index in [9.17, 15) is 4.79 Å². The number of carbonyl (C=O) groups excluding carboxylic acids is 1. The van der Waals surface area contributed by atoms with Crippen molar-refractivity contribution in [1.29, 1.82) is 0 Å². The Morgan fingerprint density at radius 1 is 2.00 bits per heavy atom. The summed E-state index contributed by atoms with van der Waals surface area (Å²) in [5.41, 5.74) is 4.67. The molecule has 0 saturated heterocycles. The van der Waals surface area contributed by atoms with Crippen molar-refractivity contribution in [3.63, 3.8) is 0 Å². The zero-order chi connectivity index (χ0) is 4.28. The summed E-state index contributed by atoms with van der Waals surface area (Å²) < 4.78 is 0. The van der Waals surface area contributed by atoms with Crippen LogP contribution in [0.3, 0.4) is 0 Å². The monoisotopic (exact) mass is 135 g/mol. The van der Waals surface area contributed by atoms with Crippen LogP contribution in [0.25, 0.3) is 0 Å². The molecule has 0 saturated carbocycles. The molecule has 0 bridgehead atoms. The first kappa shape index (κ1) is 5.03. The van der Waals surface area contributed by atoms with Crippen LogP contribution in [0.2, 0.25) is 5.21 Å². The quantitative estimate of drug-likeness (QED) is 0.438. The molecule has 2 nitrogen and oxygen atoms in total. The van der Waals surface area contributed by atoms with E-state index in [0.29, 0.717) is 5.21 Å². The van der Waals surface area contributed by atoms with E-state index in [1.165, 1.54) is 16.9 Å². The fourth-order valence-electron chi connectivity index (χ4n) is 0. The first-order chi connectivity index (χ1) is 2.27. The molecule has 5 heavy (non-hydrogen) atoms. The van der Waals surface area contributed by atoms with E-state index in [-0.39, 0.29) is 5.91 Å². The number of carbonyl (C=O) groups is 1. The molecule has 0 aromatic heterocycles.